The summed E-state index contributed by atoms with van der Waals surface area (Å²) in [6.07, 6.45) is 2.62. The summed E-state index contributed by atoms with van der Waals surface area (Å²) in [7, 11) is -3.44. The fourth-order valence-corrected chi connectivity index (χ4v) is 7.68. The van der Waals surface area contributed by atoms with Gasteiger partial charge in [-0.3, -0.25) is 13.9 Å². The van der Waals surface area contributed by atoms with Gasteiger partial charge in [0, 0.05) is 24.6 Å². The molecule has 4 unspecified atom stereocenters. The molecular weight excluding hydrogens is 338 g/mol. The first-order valence-corrected chi connectivity index (χ1v) is 10.9. The van der Waals surface area contributed by atoms with Gasteiger partial charge in [0.05, 0.1) is 13.2 Å². The molecule has 2 aliphatic carbocycles. The number of rotatable bonds is 3. The number of hydrogen-bond donors (Lipinski definition) is 0. The Kier molecular flexibility index (Phi) is 4.14. The molecule has 1 spiro atoms. The molecule has 0 amide bonds. The zero-order chi connectivity index (χ0) is 16.1. The lowest BCUT2D eigenvalue weighted by molar-refractivity contribution is -0.153. The van der Waals surface area contributed by atoms with Gasteiger partial charge in [0.15, 0.2) is 0 Å². The molecule has 23 heavy (non-hydrogen) atoms. The second-order valence-corrected chi connectivity index (χ2v) is 10.3. The van der Waals surface area contributed by atoms with E-state index in [9.17, 15) is 13.2 Å². The molecule has 0 aromatic rings. The van der Waals surface area contributed by atoms with Crippen molar-refractivity contribution in [2.75, 3.05) is 37.7 Å². The van der Waals surface area contributed by atoms with Gasteiger partial charge in [-0.15, -0.1) is 0 Å². The highest BCUT2D eigenvalue weighted by atomic mass is 32.2. The average Bonchev–Trinajstić information content (AvgIpc) is 3.14. The minimum absolute atomic E-state index is 0.0872. The van der Waals surface area contributed by atoms with Gasteiger partial charge in [-0.25, -0.2) is 0 Å². The van der Waals surface area contributed by atoms with E-state index in [0.717, 1.165) is 31.0 Å². The summed E-state index contributed by atoms with van der Waals surface area (Å²) < 4.78 is 34.5. The Hall–Kier alpha value is -0.310. The Bertz CT molecular complexity index is 589. The minimum atomic E-state index is -3.44. The summed E-state index contributed by atoms with van der Waals surface area (Å²) >= 11 is 1.92. The zero-order valence-corrected chi connectivity index (χ0v) is 14.7. The van der Waals surface area contributed by atoms with Crippen molar-refractivity contribution in [3.05, 3.63) is 0 Å². The maximum Gasteiger partial charge on any atom is 0.320 e. The summed E-state index contributed by atoms with van der Waals surface area (Å²) in [6.45, 7) is 2.55. The van der Waals surface area contributed by atoms with E-state index in [2.05, 4.69) is 4.90 Å². The van der Waals surface area contributed by atoms with E-state index >= 15 is 0 Å². The van der Waals surface area contributed by atoms with Gasteiger partial charge < -0.3 is 4.74 Å². The number of ether oxygens (including phenoxy) is 1. The summed E-state index contributed by atoms with van der Waals surface area (Å²) in [5, 5.41) is 0. The lowest BCUT2D eigenvalue weighted by Crippen LogP contribution is -2.44. The summed E-state index contributed by atoms with van der Waals surface area (Å²) in [6, 6.07) is 0. The normalized spacial score (nSPS) is 42.3. The number of thioether (sulfide) groups is 1. The van der Waals surface area contributed by atoms with Gasteiger partial charge >= 0.3 is 5.97 Å². The fraction of sp³-hybridized carbons (Fsp3) is 0.933. The molecule has 2 heterocycles. The van der Waals surface area contributed by atoms with Crippen molar-refractivity contribution in [3.63, 3.8) is 0 Å². The van der Waals surface area contributed by atoms with E-state index in [-0.39, 0.29) is 23.9 Å². The van der Waals surface area contributed by atoms with Crippen LogP contribution >= 0.6 is 11.8 Å². The molecule has 2 saturated carbocycles. The lowest BCUT2D eigenvalue weighted by Gasteiger charge is -2.34. The molecule has 0 aromatic carbocycles. The number of fused-ring (bicyclic) bond motifs is 3. The molecule has 0 N–H and O–H groups in total. The van der Waals surface area contributed by atoms with Crippen LogP contribution in [0.2, 0.25) is 0 Å². The van der Waals surface area contributed by atoms with Crippen LogP contribution in [-0.2, 0) is 23.8 Å². The van der Waals surface area contributed by atoms with Crippen LogP contribution in [0.15, 0.2) is 0 Å². The van der Waals surface area contributed by atoms with E-state index in [4.69, 9.17) is 8.92 Å². The maximum absolute atomic E-state index is 12.2. The van der Waals surface area contributed by atoms with Crippen molar-refractivity contribution >= 4 is 27.8 Å². The number of hydrogen-bond acceptors (Lipinski definition) is 7. The number of nitrogens with zero attached hydrogens (tertiary/aromatic N) is 1. The second-order valence-electron chi connectivity index (χ2n) is 7.14. The smallest absolute Gasteiger partial charge is 0.320 e. The molecule has 0 radical (unpaired) electrons. The number of carbonyl (C=O) groups excluding carboxylic acids is 1. The third-order valence-corrected chi connectivity index (χ3v) is 9.10. The maximum atomic E-state index is 12.2. The predicted octanol–water partition coefficient (Wildman–Crippen LogP) is 0.866. The Morgan fingerprint density at radius 1 is 1.30 bits per heavy atom. The van der Waals surface area contributed by atoms with E-state index in [0.29, 0.717) is 32.4 Å². The lowest BCUT2D eigenvalue weighted by atomic mass is 9.84. The summed E-state index contributed by atoms with van der Waals surface area (Å²) in [5.41, 5.74) is 0. The summed E-state index contributed by atoms with van der Waals surface area (Å²) in [4.78, 5) is 14.3. The largest absolute Gasteiger partial charge is 0.461 e. The van der Waals surface area contributed by atoms with Gasteiger partial charge in [-0.2, -0.15) is 20.2 Å². The Morgan fingerprint density at radius 2 is 2.09 bits per heavy atom. The van der Waals surface area contributed by atoms with Crippen LogP contribution < -0.4 is 0 Å². The molecule has 2 saturated heterocycles. The van der Waals surface area contributed by atoms with Crippen molar-refractivity contribution in [1.29, 1.82) is 0 Å². The van der Waals surface area contributed by atoms with Gasteiger partial charge in [0.25, 0.3) is 10.1 Å². The van der Waals surface area contributed by atoms with Gasteiger partial charge in [-0.1, -0.05) is 0 Å². The highest BCUT2D eigenvalue weighted by Crippen LogP contribution is 2.58. The summed E-state index contributed by atoms with van der Waals surface area (Å²) in [5.74, 6) is 2.25. The zero-order valence-electron chi connectivity index (χ0n) is 13.1. The molecule has 4 fully saturated rings. The average molecular weight is 361 g/mol. The Balaban J connectivity index is 1.34. The van der Waals surface area contributed by atoms with Crippen molar-refractivity contribution in [1.82, 2.24) is 4.90 Å². The van der Waals surface area contributed by atoms with E-state index < -0.39 is 14.9 Å². The predicted molar refractivity (Wildman–Crippen MR) is 86.7 cm³/mol. The third-order valence-electron chi connectivity index (χ3n) is 5.98. The Labute approximate surface area is 141 Å². The van der Waals surface area contributed by atoms with Crippen LogP contribution in [0.5, 0.6) is 0 Å². The van der Waals surface area contributed by atoms with Gasteiger partial charge in [0.2, 0.25) is 0 Å². The van der Waals surface area contributed by atoms with Crippen molar-refractivity contribution in [3.8, 4) is 0 Å². The van der Waals surface area contributed by atoms with Crippen LogP contribution in [0.25, 0.3) is 0 Å². The van der Waals surface area contributed by atoms with Crippen molar-refractivity contribution < 1.29 is 22.1 Å². The SMILES string of the molecule is O=C(CN1CCSCC1)OC1CC2CC1CC21CCOS1(=O)=O. The van der Waals surface area contributed by atoms with Gasteiger partial charge in [-0.05, 0) is 37.5 Å². The van der Waals surface area contributed by atoms with Crippen molar-refractivity contribution in [2.24, 2.45) is 11.8 Å². The molecule has 8 heteroatoms. The first-order chi connectivity index (χ1) is 11.0. The fourth-order valence-electron chi connectivity index (χ4n) is 4.81. The number of esters is 1. The second kappa shape index (κ2) is 5.89. The molecule has 4 aliphatic rings. The van der Waals surface area contributed by atoms with Crippen LogP contribution in [-0.4, -0.2) is 67.9 Å². The topological polar surface area (TPSA) is 72.9 Å². The third kappa shape index (κ3) is 2.71. The standard InChI is InChI=1S/C15H23NO5S2/c17-14(10-16-2-5-22-6-3-16)21-13-8-12-7-11(13)9-15(12)1-4-20-23(15,18)19/h11-13H,1-10H2. The first-order valence-electron chi connectivity index (χ1n) is 8.39. The van der Waals surface area contributed by atoms with Gasteiger partial charge in [0.1, 0.15) is 10.9 Å². The first kappa shape index (κ1) is 16.2. The molecule has 4 atom stereocenters. The van der Waals surface area contributed by atoms with E-state index in [1.165, 1.54) is 0 Å². The molecule has 0 aromatic heterocycles. The quantitative estimate of drug-likeness (QED) is 0.545. The monoisotopic (exact) mass is 361 g/mol. The molecule has 2 bridgehead atoms. The van der Waals surface area contributed by atoms with Crippen LogP contribution in [0.1, 0.15) is 25.7 Å². The molecule has 6 nitrogen and oxygen atoms in total. The number of carbonyl (C=O) groups is 1. The molecular formula is C15H23NO5S2. The van der Waals surface area contributed by atoms with E-state index in [1.54, 1.807) is 0 Å². The van der Waals surface area contributed by atoms with E-state index in [1.807, 2.05) is 11.8 Å². The van der Waals surface area contributed by atoms with Crippen molar-refractivity contribution in [2.45, 2.75) is 36.5 Å². The van der Waals surface area contributed by atoms with Crippen LogP contribution in [0.3, 0.4) is 0 Å². The Morgan fingerprint density at radius 3 is 2.70 bits per heavy atom. The molecule has 130 valence electrons. The minimum Gasteiger partial charge on any atom is -0.461 e. The van der Waals surface area contributed by atoms with Crippen LogP contribution in [0, 0.1) is 11.8 Å². The van der Waals surface area contributed by atoms with Crippen LogP contribution in [0.4, 0.5) is 0 Å². The highest BCUT2D eigenvalue weighted by Gasteiger charge is 2.64. The molecule has 4 rings (SSSR count). The molecule has 2 aliphatic heterocycles. The highest BCUT2D eigenvalue weighted by molar-refractivity contribution is 7.99.